The van der Waals surface area contributed by atoms with Crippen LogP contribution in [0.2, 0.25) is 5.02 Å². The fraction of sp³-hybridized carbons (Fsp3) is 0.368. The van der Waals surface area contributed by atoms with Crippen LogP contribution in [-0.4, -0.2) is 6.04 Å². The minimum atomic E-state index is 0.554. The summed E-state index contributed by atoms with van der Waals surface area (Å²) in [6, 6.07) is 18.3. The summed E-state index contributed by atoms with van der Waals surface area (Å²) in [7, 11) is 0. The molecule has 0 saturated heterocycles. The molecular weight excluding hydrogens is 278 g/mol. The van der Waals surface area contributed by atoms with Gasteiger partial charge in [-0.1, -0.05) is 54.1 Å². The van der Waals surface area contributed by atoms with Gasteiger partial charge in [-0.25, -0.2) is 0 Å². The van der Waals surface area contributed by atoms with Gasteiger partial charge in [0, 0.05) is 17.1 Å². The van der Waals surface area contributed by atoms with Gasteiger partial charge in [-0.05, 0) is 54.4 Å². The van der Waals surface area contributed by atoms with Crippen LogP contribution in [0, 0.1) is 0 Å². The van der Waals surface area contributed by atoms with E-state index >= 15 is 0 Å². The van der Waals surface area contributed by atoms with Gasteiger partial charge in [-0.2, -0.15) is 0 Å². The van der Waals surface area contributed by atoms with E-state index in [2.05, 4.69) is 41.7 Å². The molecule has 0 aromatic heterocycles. The zero-order chi connectivity index (χ0) is 14.2. The van der Waals surface area contributed by atoms with Crippen molar-refractivity contribution in [2.24, 2.45) is 0 Å². The lowest BCUT2D eigenvalue weighted by Crippen LogP contribution is -2.41. The topological polar surface area (TPSA) is 12.0 Å². The number of halogens is 1. The second kappa shape index (κ2) is 5.47. The first-order valence-corrected chi connectivity index (χ1v) is 8.27. The lowest BCUT2D eigenvalue weighted by Gasteiger charge is -2.38. The molecular formula is C19H20ClN. The molecule has 108 valence electrons. The summed E-state index contributed by atoms with van der Waals surface area (Å²) in [6.45, 7) is 0. The zero-order valence-corrected chi connectivity index (χ0v) is 12.8. The summed E-state index contributed by atoms with van der Waals surface area (Å²) in [6.07, 6.45) is 4.88. The van der Waals surface area contributed by atoms with Gasteiger partial charge in [-0.3, -0.25) is 0 Å². The first kappa shape index (κ1) is 13.4. The Morgan fingerprint density at radius 3 is 2.43 bits per heavy atom. The van der Waals surface area contributed by atoms with E-state index in [-0.39, 0.29) is 0 Å². The van der Waals surface area contributed by atoms with Crippen molar-refractivity contribution in [3.05, 3.63) is 70.2 Å². The maximum absolute atomic E-state index is 6.30. The van der Waals surface area contributed by atoms with Gasteiger partial charge in [0.2, 0.25) is 0 Å². The lowest BCUT2D eigenvalue weighted by atomic mass is 9.75. The zero-order valence-electron chi connectivity index (χ0n) is 12.1. The standard InChI is InChI=1S/C19H20ClN/c20-18-8-4-3-6-16(18)14-11-15(12-14)21-19-10-9-13-5-1-2-7-17(13)19/h1-8,14-15,19,21H,9-12H2. The molecule has 0 bridgehead atoms. The molecule has 0 aliphatic heterocycles. The highest BCUT2D eigenvalue weighted by atomic mass is 35.5. The van der Waals surface area contributed by atoms with E-state index in [1.54, 1.807) is 0 Å². The maximum atomic E-state index is 6.30. The van der Waals surface area contributed by atoms with Gasteiger partial charge >= 0.3 is 0 Å². The summed E-state index contributed by atoms with van der Waals surface area (Å²) >= 11 is 6.30. The molecule has 1 saturated carbocycles. The highest BCUT2D eigenvalue weighted by molar-refractivity contribution is 6.31. The van der Waals surface area contributed by atoms with Crippen molar-refractivity contribution < 1.29 is 0 Å². The molecule has 2 aliphatic rings. The van der Waals surface area contributed by atoms with Crippen molar-refractivity contribution >= 4 is 11.6 Å². The molecule has 2 heteroatoms. The van der Waals surface area contributed by atoms with Gasteiger partial charge < -0.3 is 5.32 Å². The molecule has 0 spiro atoms. The van der Waals surface area contributed by atoms with Gasteiger partial charge in [0.1, 0.15) is 0 Å². The molecule has 1 atom stereocenters. The molecule has 1 N–H and O–H groups in total. The summed E-state index contributed by atoms with van der Waals surface area (Å²) in [5, 5.41) is 4.77. The van der Waals surface area contributed by atoms with Crippen LogP contribution in [0.25, 0.3) is 0 Å². The molecule has 1 nitrogen and oxygen atoms in total. The van der Waals surface area contributed by atoms with E-state index in [0.29, 0.717) is 18.0 Å². The van der Waals surface area contributed by atoms with Crippen molar-refractivity contribution in [2.75, 3.05) is 0 Å². The highest BCUT2D eigenvalue weighted by Crippen LogP contribution is 2.42. The molecule has 2 aromatic carbocycles. The van der Waals surface area contributed by atoms with Crippen LogP contribution in [0.1, 0.15) is 47.9 Å². The fourth-order valence-corrected chi connectivity index (χ4v) is 4.12. The largest absolute Gasteiger partial charge is 0.307 e. The SMILES string of the molecule is Clc1ccccc1C1CC(NC2CCc3ccccc32)C1. The van der Waals surface area contributed by atoms with Crippen LogP contribution >= 0.6 is 11.6 Å². The molecule has 0 amide bonds. The number of aryl methyl sites for hydroxylation is 1. The van der Waals surface area contributed by atoms with Crippen LogP contribution in [0.3, 0.4) is 0 Å². The Labute approximate surface area is 131 Å². The minimum Gasteiger partial charge on any atom is -0.307 e. The summed E-state index contributed by atoms with van der Waals surface area (Å²) in [5.41, 5.74) is 4.36. The third-order valence-electron chi connectivity index (χ3n) is 5.05. The predicted octanol–water partition coefficient (Wildman–Crippen LogP) is 4.86. The van der Waals surface area contributed by atoms with Crippen LogP contribution < -0.4 is 5.32 Å². The monoisotopic (exact) mass is 297 g/mol. The second-order valence-corrected chi connectivity index (χ2v) is 6.75. The van der Waals surface area contributed by atoms with Crippen LogP contribution in [0.4, 0.5) is 0 Å². The summed E-state index contributed by atoms with van der Waals surface area (Å²) < 4.78 is 0. The van der Waals surface area contributed by atoms with Crippen molar-refractivity contribution in [3.8, 4) is 0 Å². The summed E-state index contributed by atoms with van der Waals surface area (Å²) in [4.78, 5) is 0. The maximum Gasteiger partial charge on any atom is 0.0440 e. The van der Waals surface area contributed by atoms with Gasteiger partial charge in [0.05, 0.1) is 0 Å². The number of fused-ring (bicyclic) bond motifs is 1. The number of rotatable bonds is 3. The Morgan fingerprint density at radius 2 is 1.62 bits per heavy atom. The average molecular weight is 298 g/mol. The van der Waals surface area contributed by atoms with E-state index < -0.39 is 0 Å². The average Bonchev–Trinajstić information content (AvgIpc) is 2.87. The molecule has 21 heavy (non-hydrogen) atoms. The third-order valence-corrected chi connectivity index (χ3v) is 5.40. The molecule has 0 radical (unpaired) electrons. The Hall–Kier alpha value is -1.31. The van der Waals surface area contributed by atoms with E-state index in [1.807, 2.05) is 12.1 Å². The quantitative estimate of drug-likeness (QED) is 0.853. The van der Waals surface area contributed by atoms with Gasteiger partial charge in [-0.15, -0.1) is 0 Å². The number of hydrogen-bond donors (Lipinski definition) is 1. The first-order chi connectivity index (χ1) is 10.3. The smallest absolute Gasteiger partial charge is 0.0440 e. The normalized spacial score (nSPS) is 27.2. The van der Waals surface area contributed by atoms with E-state index in [0.717, 1.165) is 5.02 Å². The molecule has 2 aromatic rings. The highest BCUT2D eigenvalue weighted by Gasteiger charge is 2.34. The van der Waals surface area contributed by atoms with Crippen LogP contribution in [0.5, 0.6) is 0 Å². The van der Waals surface area contributed by atoms with Crippen LogP contribution in [0.15, 0.2) is 48.5 Å². The summed E-state index contributed by atoms with van der Waals surface area (Å²) in [5.74, 6) is 0.632. The van der Waals surface area contributed by atoms with Crippen molar-refractivity contribution in [3.63, 3.8) is 0 Å². The fourth-order valence-electron chi connectivity index (χ4n) is 3.83. The minimum absolute atomic E-state index is 0.554. The van der Waals surface area contributed by atoms with E-state index in [4.69, 9.17) is 11.6 Å². The Kier molecular flexibility index (Phi) is 3.48. The third kappa shape index (κ3) is 2.49. The molecule has 1 fully saturated rings. The molecule has 4 rings (SSSR count). The number of nitrogens with one attached hydrogen (secondary N) is 1. The van der Waals surface area contributed by atoms with Crippen molar-refractivity contribution in [2.45, 2.75) is 43.7 Å². The Balaban J connectivity index is 1.39. The number of hydrogen-bond acceptors (Lipinski definition) is 1. The van der Waals surface area contributed by atoms with Crippen molar-refractivity contribution in [1.29, 1.82) is 0 Å². The van der Waals surface area contributed by atoms with Crippen LogP contribution in [-0.2, 0) is 6.42 Å². The van der Waals surface area contributed by atoms with E-state index in [9.17, 15) is 0 Å². The van der Waals surface area contributed by atoms with Gasteiger partial charge in [0.15, 0.2) is 0 Å². The second-order valence-electron chi connectivity index (χ2n) is 6.34. The Morgan fingerprint density at radius 1 is 0.905 bits per heavy atom. The van der Waals surface area contributed by atoms with Crippen molar-refractivity contribution in [1.82, 2.24) is 5.32 Å². The van der Waals surface area contributed by atoms with E-state index in [1.165, 1.54) is 42.4 Å². The molecule has 0 heterocycles. The van der Waals surface area contributed by atoms with Gasteiger partial charge in [0.25, 0.3) is 0 Å². The number of benzene rings is 2. The molecule has 1 unspecified atom stereocenters. The predicted molar refractivity (Wildman–Crippen MR) is 87.9 cm³/mol. The first-order valence-electron chi connectivity index (χ1n) is 7.89. The lowest BCUT2D eigenvalue weighted by molar-refractivity contribution is 0.265. The Bertz CT molecular complexity index is 646. The molecule has 2 aliphatic carbocycles.